The summed E-state index contributed by atoms with van der Waals surface area (Å²) < 4.78 is 5.56. The van der Waals surface area contributed by atoms with Crippen LogP contribution in [0.5, 0.6) is 5.75 Å². The van der Waals surface area contributed by atoms with E-state index in [1.807, 2.05) is 6.92 Å². The Morgan fingerprint density at radius 1 is 1.24 bits per heavy atom. The van der Waals surface area contributed by atoms with Crippen molar-refractivity contribution in [3.05, 3.63) is 29.8 Å². The zero-order chi connectivity index (χ0) is 19.0. The van der Waals surface area contributed by atoms with Crippen LogP contribution in [0.3, 0.4) is 0 Å². The van der Waals surface area contributed by atoms with Gasteiger partial charge >= 0.3 is 5.97 Å². The van der Waals surface area contributed by atoms with Crippen molar-refractivity contribution < 1.29 is 24.2 Å². The fourth-order valence-corrected chi connectivity index (χ4v) is 2.38. The Bertz CT molecular complexity index is 632. The molecule has 0 radical (unpaired) electrons. The van der Waals surface area contributed by atoms with E-state index >= 15 is 0 Å². The van der Waals surface area contributed by atoms with Gasteiger partial charge < -0.3 is 20.5 Å². The van der Waals surface area contributed by atoms with Crippen LogP contribution in [0.25, 0.3) is 0 Å². The predicted octanol–water partition coefficient (Wildman–Crippen LogP) is 2.02. The molecule has 0 bridgehead atoms. The molecule has 0 heterocycles. The normalized spacial score (nSPS) is 14.1. The van der Waals surface area contributed by atoms with Gasteiger partial charge in [-0.2, -0.15) is 0 Å². The molecule has 1 aromatic carbocycles. The quantitative estimate of drug-likeness (QED) is 0.632. The largest absolute Gasteiger partial charge is 0.494 e. The molecule has 1 rings (SSSR count). The second-order valence-electron chi connectivity index (χ2n) is 5.97. The van der Waals surface area contributed by atoms with E-state index in [1.165, 1.54) is 13.8 Å². The first kappa shape index (κ1) is 20.5. The first-order valence-electron chi connectivity index (χ1n) is 8.26. The maximum atomic E-state index is 12.4. The highest BCUT2D eigenvalue weighted by Gasteiger charge is 2.33. The second kappa shape index (κ2) is 9.05. The van der Waals surface area contributed by atoms with Crippen LogP contribution in [-0.4, -0.2) is 35.0 Å². The van der Waals surface area contributed by atoms with E-state index in [1.54, 1.807) is 31.2 Å². The third kappa shape index (κ3) is 5.77. The molecule has 7 nitrogen and oxygen atoms in total. The lowest BCUT2D eigenvalue weighted by atomic mass is 9.97. The summed E-state index contributed by atoms with van der Waals surface area (Å²) in [6.07, 6.45) is 0.154. The summed E-state index contributed by atoms with van der Waals surface area (Å²) in [6, 6.07) is 6.51. The third-order valence-electron chi connectivity index (χ3n) is 3.96. The highest BCUT2D eigenvalue weighted by Crippen LogP contribution is 2.27. The van der Waals surface area contributed by atoms with Crippen LogP contribution in [-0.2, 0) is 14.4 Å². The molecule has 3 N–H and O–H groups in total. The maximum Gasteiger partial charge on any atom is 0.329 e. The van der Waals surface area contributed by atoms with Crippen molar-refractivity contribution in [2.45, 2.75) is 52.1 Å². The summed E-state index contributed by atoms with van der Waals surface area (Å²) in [5, 5.41) is 14.6. The molecule has 138 valence electrons. The van der Waals surface area contributed by atoms with E-state index < -0.39 is 23.5 Å². The van der Waals surface area contributed by atoms with Crippen LogP contribution in [0.1, 0.15) is 52.1 Å². The first-order valence-corrected chi connectivity index (χ1v) is 8.26. The number of amides is 2. The summed E-state index contributed by atoms with van der Waals surface area (Å²) in [4.78, 5) is 35.3. The lowest BCUT2D eigenvalue weighted by Gasteiger charge is -2.27. The van der Waals surface area contributed by atoms with Crippen molar-refractivity contribution in [2.24, 2.45) is 0 Å². The van der Waals surface area contributed by atoms with Crippen LogP contribution < -0.4 is 15.4 Å². The lowest BCUT2D eigenvalue weighted by Crippen LogP contribution is -2.52. The maximum absolute atomic E-state index is 12.4. The van der Waals surface area contributed by atoms with Crippen molar-refractivity contribution in [2.75, 3.05) is 6.61 Å². The number of benzene rings is 1. The second-order valence-corrected chi connectivity index (χ2v) is 5.97. The van der Waals surface area contributed by atoms with Crippen molar-refractivity contribution in [3.8, 4) is 5.75 Å². The first-order chi connectivity index (χ1) is 11.7. The Morgan fingerprint density at radius 2 is 1.88 bits per heavy atom. The van der Waals surface area contributed by atoms with Gasteiger partial charge in [0.1, 0.15) is 11.3 Å². The molecule has 2 amide bonds. The van der Waals surface area contributed by atoms with E-state index in [9.17, 15) is 19.5 Å². The van der Waals surface area contributed by atoms with Gasteiger partial charge in [0.15, 0.2) is 0 Å². The summed E-state index contributed by atoms with van der Waals surface area (Å²) in [7, 11) is 0. The number of carboxylic acids is 1. The van der Waals surface area contributed by atoms with Crippen molar-refractivity contribution in [3.63, 3.8) is 0 Å². The molecule has 25 heavy (non-hydrogen) atoms. The number of aliphatic carboxylic acids is 1. The Hall–Kier alpha value is -2.57. The number of para-hydroxylation sites is 1. The number of nitrogens with one attached hydrogen (secondary N) is 2. The molecular formula is C18H26N2O5. The SMILES string of the molecule is CCOc1ccccc1C(CC(=O)NC(C)(CC)C(=O)O)NC(C)=O. The van der Waals surface area contributed by atoms with Gasteiger partial charge in [-0.25, -0.2) is 4.79 Å². The van der Waals surface area contributed by atoms with Gasteiger partial charge in [-0.1, -0.05) is 25.1 Å². The van der Waals surface area contributed by atoms with Gasteiger partial charge in [0.25, 0.3) is 0 Å². The standard InChI is InChI=1S/C18H26N2O5/c1-5-18(4,17(23)24)20-16(22)11-14(19-12(3)21)13-9-7-8-10-15(13)25-6-2/h7-10,14H,5-6,11H2,1-4H3,(H,19,21)(H,20,22)(H,23,24). The van der Waals surface area contributed by atoms with Crippen LogP contribution in [0.2, 0.25) is 0 Å². The van der Waals surface area contributed by atoms with Crippen LogP contribution >= 0.6 is 0 Å². The number of ether oxygens (including phenoxy) is 1. The highest BCUT2D eigenvalue weighted by molar-refractivity contribution is 5.87. The summed E-state index contributed by atoms with van der Waals surface area (Å²) in [5.74, 6) is -1.28. The topological polar surface area (TPSA) is 105 Å². The number of hydrogen-bond acceptors (Lipinski definition) is 4. The summed E-state index contributed by atoms with van der Waals surface area (Å²) >= 11 is 0. The fraction of sp³-hybridized carbons (Fsp3) is 0.500. The Labute approximate surface area is 147 Å². The minimum Gasteiger partial charge on any atom is -0.494 e. The molecule has 0 aromatic heterocycles. The van der Waals surface area contributed by atoms with Gasteiger partial charge in [-0.3, -0.25) is 9.59 Å². The average Bonchev–Trinajstić information content (AvgIpc) is 2.54. The molecule has 0 saturated heterocycles. The van der Waals surface area contributed by atoms with E-state index in [-0.39, 0.29) is 18.7 Å². The molecule has 0 spiro atoms. The van der Waals surface area contributed by atoms with Crippen LogP contribution in [0.4, 0.5) is 0 Å². The number of carbonyl (C=O) groups excluding carboxylic acids is 2. The van der Waals surface area contributed by atoms with E-state index in [2.05, 4.69) is 10.6 Å². The van der Waals surface area contributed by atoms with Gasteiger partial charge in [-0.15, -0.1) is 0 Å². The highest BCUT2D eigenvalue weighted by atomic mass is 16.5. The zero-order valence-electron chi connectivity index (χ0n) is 15.1. The number of hydrogen-bond donors (Lipinski definition) is 3. The van der Waals surface area contributed by atoms with E-state index in [0.29, 0.717) is 17.9 Å². The number of carbonyl (C=O) groups is 3. The predicted molar refractivity (Wildman–Crippen MR) is 93.3 cm³/mol. The molecule has 2 atom stereocenters. The molecule has 0 aliphatic carbocycles. The fourth-order valence-electron chi connectivity index (χ4n) is 2.38. The molecule has 7 heteroatoms. The van der Waals surface area contributed by atoms with Crippen molar-refractivity contribution in [1.82, 2.24) is 10.6 Å². The number of carboxylic acid groups (broad SMARTS) is 1. The lowest BCUT2D eigenvalue weighted by molar-refractivity contribution is -0.147. The van der Waals surface area contributed by atoms with Crippen molar-refractivity contribution in [1.29, 1.82) is 0 Å². The van der Waals surface area contributed by atoms with Gasteiger partial charge in [0, 0.05) is 12.5 Å². The van der Waals surface area contributed by atoms with Gasteiger partial charge in [0.05, 0.1) is 19.1 Å². The van der Waals surface area contributed by atoms with E-state index in [4.69, 9.17) is 4.74 Å². The third-order valence-corrected chi connectivity index (χ3v) is 3.96. The van der Waals surface area contributed by atoms with Crippen LogP contribution in [0.15, 0.2) is 24.3 Å². The molecule has 2 unspecified atom stereocenters. The number of rotatable bonds is 9. The average molecular weight is 350 g/mol. The molecular weight excluding hydrogens is 324 g/mol. The van der Waals surface area contributed by atoms with Crippen LogP contribution in [0, 0.1) is 0 Å². The van der Waals surface area contributed by atoms with Gasteiger partial charge in [-0.05, 0) is 26.3 Å². The van der Waals surface area contributed by atoms with Crippen molar-refractivity contribution >= 4 is 17.8 Å². The molecule has 0 aliphatic heterocycles. The van der Waals surface area contributed by atoms with Gasteiger partial charge in [0.2, 0.25) is 11.8 Å². The zero-order valence-corrected chi connectivity index (χ0v) is 15.1. The van der Waals surface area contributed by atoms with E-state index in [0.717, 1.165) is 0 Å². The minimum atomic E-state index is -1.35. The minimum absolute atomic E-state index is 0.0907. The Morgan fingerprint density at radius 3 is 2.40 bits per heavy atom. The summed E-state index contributed by atoms with van der Waals surface area (Å²) in [6.45, 7) is 6.79. The molecule has 0 saturated carbocycles. The Kier molecular flexibility index (Phi) is 7.42. The Balaban J connectivity index is 3.03. The molecule has 0 aliphatic rings. The molecule has 1 aromatic rings. The monoisotopic (exact) mass is 350 g/mol. The molecule has 0 fully saturated rings. The summed E-state index contributed by atoms with van der Waals surface area (Å²) in [5.41, 5.74) is -0.680. The smallest absolute Gasteiger partial charge is 0.329 e.